The molecule has 1 aliphatic rings. The van der Waals surface area contributed by atoms with Gasteiger partial charge in [0.05, 0.1) is 37.9 Å². The molecule has 0 aromatic rings. The van der Waals surface area contributed by atoms with Crippen molar-refractivity contribution in [1.29, 1.82) is 0 Å². The molecule has 80 valence electrons. The first kappa shape index (κ1) is 11.8. The second kappa shape index (κ2) is 6.25. The Labute approximate surface area is 91.0 Å². The first-order valence-electron chi connectivity index (χ1n) is 5.33. The molecule has 0 spiro atoms. The van der Waals surface area contributed by atoms with Gasteiger partial charge in [-0.05, 0) is 31.5 Å². The Kier molecular flexibility index (Phi) is 5.26. The molecule has 0 atom stereocenters. The van der Waals surface area contributed by atoms with Gasteiger partial charge in [-0.2, -0.15) is 0 Å². The lowest BCUT2D eigenvalue weighted by Gasteiger charge is -2.40. The third-order valence-electron chi connectivity index (χ3n) is 3.09. The van der Waals surface area contributed by atoms with Crippen LogP contribution in [-0.2, 0) is 0 Å². The van der Waals surface area contributed by atoms with Gasteiger partial charge >= 0.3 is 0 Å². The van der Waals surface area contributed by atoms with Gasteiger partial charge in [-0.25, -0.2) is 4.99 Å². The first-order chi connectivity index (χ1) is 6.83. The van der Waals surface area contributed by atoms with Crippen LogP contribution in [0.3, 0.4) is 0 Å². The fraction of sp³-hybridized carbons (Fsp3) is 0.900. The smallest absolute Gasteiger partial charge is 0.102 e. The Morgan fingerprint density at radius 1 is 1.21 bits per heavy atom. The summed E-state index contributed by atoms with van der Waals surface area (Å²) in [4.78, 5) is 3.96. The maximum atomic E-state index is 9.06. The number of aliphatic imine (C=N–C) groups is 1. The van der Waals surface area contributed by atoms with Crippen molar-refractivity contribution in [2.24, 2.45) is 4.99 Å². The van der Waals surface area contributed by atoms with E-state index in [1.54, 1.807) is 0 Å². The number of quaternary nitrogens is 1. The van der Waals surface area contributed by atoms with E-state index in [1.165, 1.54) is 32.4 Å². The van der Waals surface area contributed by atoms with Crippen LogP contribution in [0.25, 0.3) is 0 Å². The monoisotopic (exact) mass is 215 g/mol. The van der Waals surface area contributed by atoms with Gasteiger partial charge < -0.3 is 9.59 Å². The molecule has 1 aliphatic heterocycles. The van der Waals surface area contributed by atoms with Gasteiger partial charge in [0.1, 0.15) is 6.54 Å². The topological polar surface area (TPSA) is 32.6 Å². The summed E-state index contributed by atoms with van der Waals surface area (Å²) in [5, 5.41) is 11.5. The number of aliphatic hydroxyl groups excluding tert-OH is 1. The van der Waals surface area contributed by atoms with Crippen LogP contribution in [0.1, 0.15) is 19.3 Å². The predicted octanol–water partition coefficient (Wildman–Crippen LogP) is 1.08. The highest BCUT2D eigenvalue weighted by Gasteiger charge is 2.28. The lowest BCUT2D eigenvalue weighted by molar-refractivity contribution is -0.931. The van der Waals surface area contributed by atoms with Crippen molar-refractivity contribution < 1.29 is 9.59 Å². The summed E-state index contributed by atoms with van der Waals surface area (Å²) < 4.78 is 1.02. The molecule has 4 heteroatoms. The molecule has 1 N–H and O–H groups in total. The molecule has 1 fully saturated rings. The highest BCUT2D eigenvalue weighted by atomic mass is 32.1. The van der Waals surface area contributed by atoms with E-state index in [1.807, 2.05) is 0 Å². The number of isothiocyanates is 1. The summed E-state index contributed by atoms with van der Waals surface area (Å²) in [5.41, 5.74) is 0. The summed E-state index contributed by atoms with van der Waals surface area (Å²) in [6.45, 7) is 5.28. The molecule has 0 aromatic carbocycles. The standard InChI is InChI=1S/C10H19N2OS/c13-9-8-12(7-4-11-10-14)5-2-1-3-6-12/h13H,1-9H2/q+1. The van der Waals surface area contributed by atoms with Gasteiger partial charge in [0.2, 0.25) is 0 Å². The minimum atomic E-state index is 0.279. The Morgan fingerprint density at radius 2 is 1.93 bits per heavy atom. The maximum absolute atomic E-state index is 9.06. The number of thiocarbonyl (C=S) groups is 1. The molecule has 3 nitrogen and oxygen atoms in total. The van der Waals surface area contributed by atoms with Crippen LogP contribution in [0, 0.1) is 0 Å². The fourth-order valence-electron chi connectivity index (χ4n) is 2.26. The molecular formula is C10H19N2OS+. The molecular weight excluding hydrogens is 196 g/mol. The van der Waals surface area contributed by atoms with Crippen LogP contribution in [0.15, 0.2) is 4.99 Å². The van der Waals surface area contributed by atoms with Gasteiger partial charge in [0.25, 0.3) is 0 Å². The van der Waals surface area contributed by atoms with Gasteiger partial charge in [-0.15, -0.1) is 0 Å². The van der Waals surface area contributed by atoms with Crippen molar-refractivity contribution >= 4 is 17.4 Å². The van der Waals surface area contributed by atoms with E-state index in [4.69, 9.17) is 5.11 Å². The normalized spacial score (nSPS) is 20.1. The first-order valence-corrected chi connectivity index (χ1v) is 5.73. The Bertz CT molecular complexity index is 203. The number of likely N-dealkylation sites (tertiary alicyclic amines) is 1. The minimum Gasteiger partial charge on any atom is -0.391 e. The summed E-state index contributed by atoms with van der Waals surface area (Å²) in [5.74, 6) is 0. The van der Waals surface area contributed by atoms with E-state index in [0.29, 0.717) is 0 Å². The predicted molar refractivity (Wildman–Crippen MR) is 60.6 cm³/mol. The van der Waals surface area contributed by atoms with Crippen molar-refractivity contribution in [2.75, 3.05) is 39.3 Å². The van der Waals surface area contributed by atoms with E-state index in [0.717, 1.165) is 24.1 Å². The summed E-state index contributed by atoms with van der Waals surface area (Å²) in [6.07, 6.45) is 3.89. The average molecular weight is 215 g/mol. The van der Waals surface area contributed by atoms with E-state index in [2.05, 4.69) is 22.4 Å². The Balaban J connectivity index is 2.46. The largest absolute Gasteiger partial charge is 0.391 e. The molecule has 14 heavy (non-hydrogen) atoms. The average Bonchev–Trinajstić information content (AvgIpc) is 2.20. The van der Waals surface area contributed by atoms with Gasteiger partial charge in [-0.3, -0.25) is 0 Å². The Hall–Kier alpha value is -0.280. The van der Waals surface area contributed by atoms with Crippen LogP contribution in [0.5, 0.6) is 0 Å². The van der Waals surface area contributed by atoms with E-state index in [-0.39, 0.29) is 6.61 Å². The van der Waals surface area contributed by atoms with Gasteiger partial charge in [-0.1, -0.05) is 0 Å². The molecule has 0 aromatic heterocycles. The molecule has 0 unspecified atom stereocenters. The number of nitrogens with zero attached hydrogens (tertiary/aromatic N) is 2. The molecule has 0 aliphatic carbocycles. The van der Waals surface area contributed by atoms with Gasteiger partial charge in [0, 0.05) is 0 Å². The fourth-order valence-corrected chi connectivity index (χ4v) is 2.35. The Morgan fingerprint density at radius 3 is 2.50 bits per heavy atom. The lowest BCUT2D eigenvalue weighted by Crippen LogP contribution is -2.54. The zero-order valence-corrected chi connectivity index (χ0v) is 9.43. The number of hydrogen-bond donors (Lipinski definition) is 1. The minimum absolute atomic E-state index is 0.279. The lowest BCUT2D eigenvalue weighted by atomic mass is 10.1. The number of hydrogen-bond acceptors (Lipinski definition) is 3. The SMILES string of the molecule is OCC[N+]1(CCN=C=S)CCCCC1. The van der Waals surface area contributed by atoms with Crippen LogP contribution in [-0.4, -0.2) is 54.1 Å². The molecule has 0 radical (unpaired) electrons. The highest BCUT2D eigenvalue weighted by Crippen LogP contribution is 2.18. The summed E-state index contributed by atoms with van der Waals surface area (Å²) in [7, 11) is 0. The van der Waals surface area contributed by atoms with Crippen LogP contribution in [0.2, 0.25) is 0 Å². The maximum Gasteiger partial charge on any atom is 0.102 e. The number of rotatable bonds is 5. The van der Waals surface area contributed by atoms with Crippen LogP contribution in [0.4, 0.5) is 0 Å². The molecule has 1 heterocycles. The summed E-state index contributed by atoms with van der Waals surface area (Å²) in [6, 6.07) is 0. The van der Waals surface area contributed by atoms with Crippen molar-refractivity contribution in [1.82, 2.24) is 0 Å². The third-order valence-corrected chi connectivity index (χ3v) is 3.22. The molecule has 1 rings (SSSR count). The quantitative estimate of drug-likeness (QED) is 0.423. The molecule has 0 bridgehead atoms. The molecule has 0 saturated carbocycles. The van der Waals surface area contributed by atoms with Crippen molar-refractivity contribution in [3.05, 3.63) is 0 Å². The summed E-state index contributed by atoms with van der Waals surface area (Å²) >= 11 is 4.55. The van der Waals surface area contributed by atoms with Gasteiger partial charge in [0.15, 0.2) is 0 Å². The second-order valence-corrected chi connectivity index (χ2v) is 4.18. The van der Waals surface area contributed by atoms with Crippen LogP contribution < -0.4 is 0 Å². The van der Waals surface area contributed by atoms with Crippen molar-refractivity contribution in [3.63, 3.8) is 0 Å². The molecule has 0 amide bonds. The number of piperidine rings is 1. The number of aliphatic hydroxyl groups is 1. The van der Waals surface area contributed by atoms with E-state index < -0.39 is 0 Å². The highest BCUT2D eigenvalue weighted by molar-refractivity contribution is 7.78. The van der Waals surface area contributed by atoms with E-state index >= 15 is 0 Å². The van der Waals surface area contributed by atoms with Crippen molar-refractivity contribution in [3.8, 4) is 0 Å². The zero-order chi connectivity index (χ0) is 10.3. The molecule has 1 saturated heterocycles. The van der Waals surface area contributed by atoms with E-state index in [9.17, 15) is 0 Å². The van der Waals surface area contributed by atoms with Crippen molar-refractivity contribution in [2.45, 2.75) is 19.3 Å². The zero-order valence-electron chi connectivity index (χ0n) is 8.61. The second-order valence-electron chi connectivity index (χ2n) is 3.99. The van der Waals surface area contributed by atoms with Crippen LogP contribution >= 0.6 is 12.2 Å². The third kappa shape index (κ3) is 3.46.